The molecule has 0 bridgehead atoms. The number of nitrogens with zero attached hydrogens (tertiary/aromatic N) is 1. The van der Waals surface area contributed by atoms with E-state index in [2.05, 4.69) is 5.32 Å². The van der Waals surface area contributed by atoms with E-state index in [4.69, 9.17) is 0 Å². The SMILES string of the molecule is O=C(CC1CCN(S(=O)(=O)c2cccs2)CC1)NCc1ccc(F)cc1. The number of thiophene rings is 1. The highest BCUT2D eigenvalue weighted by atomic mass is 32.2. The number of carbonyl (C=O) groups is 1. The van der Waals surface area contributed by atoms with Gasteiger partial charge in [-0.2, -0.15) is 4.31 Å². The van der Waals surface area contributed by atoms with Crippen LogP contribution in [0.15, 0.2) is 46.0 Å². The van der Waals surface area contributed by atoms with Gasteiger partial charge in [0.25, 0.3) is 10.0 Å². The molecule has 0 aliphatic carbocycles. The standard InChI is InChI=1S/C18H21FN2O3S2/c19-16-5-3-15(4-6-16)13-20-17(22)12-14-7-9-21(10-8-14)26(23,24)18-2-1-11-25-18/h1-6,11,14H,7-10,12-13H2,(H,20,22). The van der Waals surface area contributed by atoms with Crippen molar-refractivity contribution in [1.82, 2.24) is 9.62 Å². The quantitative estimate of drug-likeness (QED) is 0.816. The average Bonchev–Trinajstić information content (AvgIpc) is 3.17. The smallest absolute Gasteiger partial charge is 0.252 e. The molecular formula is C18H21FN2O3S2. The summed E-state index contributed by atoms with van der Waals surface area (Å²) in [5.74, 6) is -0.184. The third-order valence-corrected chi connectivity index (χ3v) is 7.81. The molecule has 5 nitrogen and oxygen atoms in total. The lowest BCUT2D eigenvalue weighted by molar-refractivity contribution is -0.122. The van der Waals surface area contributed by atoms with Crippen molar-refractivity contribution in [2.45, 2.75) is 30.0 Å². The molecule has 1 aromatic carbocycles. The van der Waals surface area contributed by atoms with Crippen LogP contribution in [0.4, 0.5) is 4.39 Å². The van der Waals surface area contributed by atoms with Crippen molar-refractivity contribution in [3.63, 3.8) is 0 Å². The Morgan fingerprint density at radius 3 is 2.50 bits per heavy atom. The van der Waals surface area contributed by atoms with E-state index in [9.17, 15) is 17.6 Å². The van der Waals surface area contributed by atoms with Crippen LogP contribution in [0.1, 0.15) is 24.8 Å². The van der Waals surface area contributed by atoms with E-state index >= 15 is 0 Å². The van der Waals surface area contributed by atoms with Gasteiger partial charge in [0.15, 0.2) is 0 Å². The molecule has 140 valence electrons. The van der Waals surface area contributed by atoms with E-state index in [0.29, 0.717) is 43.1 Å². The average molecular weight is 397 g/mol. The third-order valence-electron chi connectivity index (χ3n) is 4.54. The third kappa shape index (κ3) is 4.69. The van der Waals surface area contributed by atoms with Crippen molar-refractivity contribution >= 4 is 27.3 Å². The molecule has 0 saturated carbocycles. The molecule has 1 amide bonds. The Kier molecular flexibility index (Phi) is 6.05. The van der Waals surface area contributed by atoms with Gasteiger partial charge in [0.1, 0.15) is 10.0 Å². The zero-order valence-corrected chi connectivity index (χ0v) is 15.9. The normalized spacial score (nSPS) is 16.5. The van der Waals surface area contributed by atoms with Gasteiger partial charge in [-0.05, 0) is 47.9 Å². The minimum atomic E-state index is -3.40. The molecule has 0 radical (unpaired) electrons. The number of rotatable bonds is 6. The Bertz CT molecular complexity index is 828. The number of halogens is 1. The van der Waals surface area contributed by atoms with Crippen molar-refractivity contribution in [3.8, 4) is 0 Å². The summed E-state index contributed by atoms with van der Waals surface area (Å²) in [5.41, 5.74) is 0.844. The van der Waals surface area contributed by atoms with E-state index in [-0.39, 0.29) is 17.6 Å². The van der Waals surface area contributed by atoms with Gasteiger partial charge in [-0.15, -0.1) is 11.3 Å². The van der Waals surface area contributed by atoms with Crippen LogP contribution >= 0.6 is 11.3 Å². The summed E-state index contributed by atoms with van der Waals surface area (Å²) < 4.78 is 39.7. The topological polar surface area (TPSA) is 66.5 Å². The maximum atomic E-state index is 12.9. The van der Waals surface area contributed by atoms with Crippen molar-refractivity contribution in [2.24, 2.45) is 5.92 Å². The first-order chi connectivity index (χ1) is 12.4. The van der Waals surface area contributed by atoms with Gasteiger partial charge < -0.3 is 5.32 Å². The summed E-state index contributed by atoms with van der Waals surface area (Å²) in [6.07, 6.45) is 1.73. The van der Waals surface area contributed by atoms with E-state index in [1.807, 2.05) is 0 Å². The number of amides is 1. The Hall–Kier alpha value is -1.77. The predicted octanol–water partition coefficient (Wildman–Crippen LogP) is 2.99. The van der Waals surface area contributed by atoms with Crippen molar-refractivity contribution in [3.05, 3.63) is 53.2 Å². The monoisotopic (exact) mass is 396 g/mol. The fourth-order valence-corrected chi connectivity index (χ4v) is 5.64. The molecule has 3 rings (SSSR count). The van der Waals surface area contributed by atoms with Gasteiger partial charge in [0, 0.05) is 26.1 Å². The van der Waals surface area contributed by atoms with Crippen LogP contribution in [0.3, 0.4) is 0 Å². The highest BCUT2D eigenvalue weighted by Crippen LogP contribution is 2.27. The molecule has 8 heteroatoms. The van der Waals surface area contributed by atoms with Crippen LogP contribution in [0.5, 0.6) is 0 Å². The molecule has 1 aliphatic rings. The first-order valence-electron chi connectivity index (χ1n) is 8.50. The Labute approximate surface area is 156 Å². The van der Waals surface area contributed by atoms with Crippen LogP contribution < -0.4 is 5.32 Å². The van der Waals surface area contributed by atoms with Crippen LogP contribution in [-0.4, -0.2) is 31.7 Å². The number of hydrogen-bond acceptors (Lipinski definition) is 4. The summed E-state index contributed by atoms with van der Waals surface area (Å²) in [4.78, 5) is 12.1. The summed E-state index contributed by atoms with van der Waals surface area (Å²) in [7, 11) is -3.40. The van der Waals surface area contributed by atoms with Crippen LogP contribution in [0, 0.1) is 11.7 Å². The molecule has 0 unspecified atom stereocenters. The minimum Gasteiger partial charge on any atom is -0.352 e. The molecular weight excluding hydrogens is 375 g/mol. The number of sulfonamides is 1. The minimum absolute atomic E-state index is 0.0612. The zero-order valence-electron chi connectivity index (χ0n) is 14.2. The second-order valence-electron chi connectivity index (χ2n) is 6.39. The lowest BCUT2D eigenvalue weighted by Crippen LogP contribution is -2.39. The van der Waals surface area contributed by atoms with Crippen LogP contribution in [-0.2, 0) is 21.4 Å². The highest BCUT2D eigenvalue weighted by molar-refractivity contribution is 7.91. The molecule has 1 N–H and O–H groups in total. The maximum Gasteiger partial charge on any atom is 0.252 e. The number of benzene rings is 1. The maximum absolute atomic E-state index is 12.9. The van der Waals surface area contributed by atoms with Gasteiger partial charge in [-0.25, -0.2) is 12.8 Å². The Morgan fingerprint density at radius 1 is 1.19 bits per heavy atom. The van der Waals surface area contributed by atoms with Crippen molar-refractivity contribution < 1.29 is 17.6 Å². The van der Waals surface area contributed by atoms with Crippen LogP contribution in [0.2, 0.25) is 0 Å². The summed E-state index contributed by atoms with van der Waals surface area (Å²) in [6.45, 7) is 1.25. The molecule has 1 aliphatic heterocycles. The summed E-state index contributed by atoms with van der Waals surface area (Å²) >= 11 is 1.22. The largest absolute Gasteiger partial charge is 0.352 e. The lowest BCUT2D eigenvalue weighted by Gasteiger charge is -2.30. The summed E-state index contributed by atoms with van der Waals surface area (Å²) in [6, 6.07) is 9.37. The van der Waals surface area contributed by atoms with Crippen molar-refractivity contribution in [2.75, 3.05) is 13.1 Å². The summed E-state index contributed by atoms with van der Waals surface area (Å²) in [5, 5.41) is 4.59. The van der Waals surface area contributed by atoms with Gasteiger partial charge in [0.2, 0.25) is 5.91 Å². The van der Waals surface area contributed by atoms with E-state index in [1.165, 1.54) is 27.8 Å². The molecule has 26 heavy (non-hydrogen) atoms. The van der Waals surface area contributed by atoms with Gasteiger partial charge in [-0.3, -0.25) is 4.79 Å². The second kappa shape index (κ2) is 8.28. The van der Waals surface area contributed by atoms with Gasteiger partial charge in [0.05, 0.1) is 0 Å². The van der Waals surface area contributed by atoms with E-state index < -0.39 is 10.0 Å². The van der Waals surface area contributed by atoms with Gasteiger partial charge >= 0.3 is 0 Å². The first kappa shape index (κ1) is 19.0. The van der Waals surface area contributed by atoms with E-state index in [1.54, 1.807) is 29.6 Å². The Morgan fingerprint density at radius 2 is 1.88 bits per heavy atom. The molecule has 0 spiro atoms. The fourth-order valence-electron chi connectivity index (χ4n) is 3.03. The lowest BCUT2D eigenvalue weighted by atomic mass is 9.94. The Balaban J connectivity index is 1.45. The molecule has 0 atom stereocenters. The number of hydrogen-bond donors (Lipinski definition) is 1. The molecule has 1 fully saturated rings. The van der Waals surface area contributed by atoms with Crippen molar-refractivity contribution in [1.29, 1.82) is 0 Å². The van der Waals surface area contributed by atoms with Gasteiger partial charge in [-0.1, -0.05) is 18.2 Å². The van der Waals surface area contributed by atoms with E-state index in [0.717, 1.165) is 5.56 Å². The number of piperidine rings is 1. The second-order valence-corrected chi connectivity index (χ2v) is 9.50. The molecule has 2 heterocycles. The first-order valence-corrected chi connectivity index (χ1v) is 10.8. The zero-order chi connectivity index (χ0) is 18.6. The van der Waals surface area contributed by atoms with Crippen LogP contribution in [0.25, 0.3) is 0 Å². The fraction of sp³-hybridized carbons (Fsp3) is 0.389. The molecule has 1 aromatic heterocycles. The number of carbonyl (C=O) groups excluding carboxylic acids is 1. The number of nitrogens with one attached hydrogen (secondary N) is 1. The molecule has 1 saturated heterocycles. The molecule has 2 aromatic rings. The highest BCUT2D eigenvalue weighted by Gasteiger charge is 2.30. The predicted molar refractivity (Wildman–Crippen MR) is 98.7 cm³/mol.